The van der Waals surface area contributed by atoms with Crippen LogP contribution in [0.4, 0.5) is 0 Å². The second-order valence-corrected chi connectivity index (χ2v) is 7.22. The third-order valence-corrected chi connectivity index (χ3v) is 5.10. The third-order valence-electron chi connectivity index (χ3n) is 3.57. The molecule has 1 aliphatic rings. The normalized spacial score (nSPS) is 23.5. The average Bonchev–Trinajstić information content (AvgIpc) is 2.74. The molecule has 5 nitrogen and oxygen atoms in total. The van der Waals surface area contributed by atoms with Crippen LogP contribution < -0.4 is 5.32 Å². The summed E-state index contributed by atoms with van der Waals surface area (Å²) in [4.78, 5) is 11.2. The topological polar surface area (TPSA) is 72.5 Å². The zero-order chi connectivity index (χ0) is 14.3. The molecule has 1 saturated carbocycles. The van der Waals surface area contributed by atoms with Crippen LogP contribution in [0.2, 0.25) is 0 Å². The van der Waals surface area contributed by atoms with Crippen LogP contribution in [0.1, 0.15) is 39.5 Å². The maximum Gasteiger partial charge on any atom is 0.321 e. The van der Waals surface area contributed by atoms with Crippen LogP contribution in [0, 0.1) is 5.92 Å². The highest BCUT2D eigenvalue weighted by Gasteiger charge is 2.28. The summed E-state index contributed by atoms with van der Waals surface area (Å²) in [7, 11) is -3.33. The van der Waals surface area contributed by atoms with Crippen molar-refractivity contribution < 1.29 is 17.9 Å². The number of nitrogens with one attached hydrogen (secondary N) is 1. The van der Waals surface area contributed by atoms with Gasteiger partial charge in [-0.05, 0) is 38.6 Å². The number of carbonyl (C=O) groups excluding carboxylic acids is 1. The number of rotatable bonds is 8. The van der Waals surface area contributed by atoms with Crippen molar-refractivity contribution in [3.05, 3.63) is 0 Å². The summed E-state index contributed by atoms with van der Waals surface area (Å²) < 4.78 is 28.3. The summed E-state index contributed by atoms with van der Waals surface area (Å²) in [6.07, 6.45) is 3.99. The Bertz CT molecular complexity index is 380. The highest BCUT2D eigenvalue weighted by Crippen LogP contribution is 2.28. The van der Waals surface area contributed by atoms with Crippen LogP contribution in [-0.4, -0.2) is 45.1 Å². The van der Waals surface area contributed by atoms with Crippen molar-refractivity contribution in [2.45, 2.75) is 45.6 Å². The van der Waals surface area contributed by atoms with Gasteiger partial charge < -0.3 is 10.1 Å². The molecule has 2 atom stereocenters. The maximum atomic E-state index is 11.8. The Balaban J connectivity index is 2.40. The number of esters is 1. The van der Waals surface area contributed by atoms with E-state index < -0.39 is 21.6 Å². The van der Waals surface area contributed by atoms with E-state index in [1.165, 1.54) is 0 Å². The van der Waals surface area contributed by atoms with Gasteiger partial charge in [0.15, 0.2) is 9.84 Å². The smallest absolute Gasteiger partial charge is 0.321 e. The molecule has 0 spiro atoms. The van der Waals surface area contributed by atoms with Gasteiger partial charge in [-0.15, -0.1) is 0 Å². The van der Waals surface area contributed by atoms with Crippen LogP contribution in [0.25, 0.3) is 0 Å². The maximum absolute atomic E-state index is 11.8. The molecular formula is C13H25NO4S. The van der Waals surface area contributed by atoms with E-state index in [1.807, 2.05) is 0 Å². The van der Waals surface area contributed by atoms with E-state index in [0.717, 1.165) is 25.8 Å². The minimum absolute atomic E-state index is 0.0817. The van der Waals surface area contributed by atoms with Crippen LogP contribution in [0.5, 0.6) is 0 Å². The Morgan fingerprint density at radius 3 is 2.68 bits per heavy atom. The van der Waals surface area contributed by atoms with Crippen molar-refractivity contribution in [1.29, 1.82) is 0 Å². The van der Waals surface area contributed by atoms with Gasteiger partial charge in [-0.1, -0.05) is 13.3 Å². The van der Waals surface area contributed by atoms with E-state index in [-0.39, 0.29) is 12.4 Å². The summed E-state index contributed by atoms with van der Waals surface area (Å²) >= 11 is 0. The SMILES string of the molecule is CCNC1CCCC1CCS(=O)(=O)CC(=O)OCC. The van der Waals surface area contributed by atoms with E-state index in [2.05, 4.69) is 17.0 Å². The fraction of sp³-hybridized carbons (Fsp3) is 0.923. The molecule has 0 bridgehead atoms. The number of ether oxygens (including phenoxy) is 1. The van der Waals surface area contributed by atoms with Crippen molar-refractivity contribution in [1.82, 2.24) is 5.32 Å². The monoisotopic (exact) mass is 291 g/mol. The summed E-state index contributed by atoms with van der Waals surface area (Å²) in [5, 5.41) is 3.41. The third kappa shape index (κ3) is 5.91. The van der Waals surface area contributed by atoms with Gasteiger partial charge in [0.25, 0.3) is 0 Å². The molecule has 1 rings (SSSR count). The average molecular weight is 291 g/mol. The Labute approximate surface area is 116 Å². The lowest BCUT2D eigenvalue weighted by Gasteiger charge is -2.20. The zero-order valence-electron chi connectivity index (χ0n) is 11.9. The van der Waals surface area contributed by atoms with Gasteiger partial charge in [0.05, 0.1) is 12.4 Å². The van der Waals surface area contributed by atoms with Gasteiger partial charge in [-0.25, -0.2) is 8.42 Å². The second-order valence-electron chi connectivity index (χ2n) is 5.04. The minimum Gasteiger partial charge on any atom is -0.465 e. The molecule has 0 radical (unpaired) electrons. The molecule has 0 aliphatic heterocycles. The van der Waals surface area contributed by atoms with Crippen LogP contribution in [0.15, 0.2) is 0 Å². The lowest BCUT2D eigenvalue weighted by atomic mass is 10.0. The molecule has 6 heteroatoms. The Hall–Kier alpha value is -0.620. The molecule has 19 heavy (non-hydrogen) atoms. The number of hydrogen-bond donors (Lipinski definition) is 1. The fourth-order valence-corrected chi connectivity index (χ4v) is 3.95. The molecule has 0 aromatic heterocycles. The second kappa shape index (κ2) is 7.85. The van der Waals surface area contributed by atoms with Crippen LogP contribution in [0.3, 0.4) is 0 Å². The molecule has 1 N–H and O–H groups in total. The van der Waals surface area contributed by atoms with Crippen molar-refractivity contribution in [2.75, 3.05) is 24.7 Å². The zero-order valence-corrected chi connectivity index (χ0v) is 12.7. The van der Waals surface area contributed by atoms with Gasteiger partial charge in [0.1, 0.15) is 5.75 Å². The first-order valence-corrected chi connectivity index (χ1v) is 8.90. The first-order chi connectivity index (χ1) is 8.98. The lowest BCUT2D eigenvalue weighted by Crippen LogP contribution is -2.33. The van der Waals surface area contributed by atoms with Gasteiger partial charge in [0.2, 0.25) is 0 Å². The molecule has 2 unspecified atom stereocenters. The van der Waals surface area contributed by atoms with Crippen LogP contribution >= 0.6 is 0 Å². The molecule has 1 fully saturated rings. The number of hydrogen-bond acceptors (Lipinski definition) is 5. The molecular weight excluding hydrogens is 266 g/mol. The van der Waals surface area contributed by atoms with E-state index in [0.29, 0.717) is 18.4 Å². The molecule has 112 valence electrons. The van der Waals surface area contributed by atoms with Gasteiger partial charge in [0, 0.05) is 6.04 Å². The van der Waals surface area contributed by atoms with Crippen molar-refractivity contribution >= 4 is 15.8 Å². The first-order valence-electron chi connectivity index (χ1n) is 7.08. The quantitative estimate of drug-likeness (QED) is 0.679. The fourth-order valence-electron chi connectivity index (χ4n) is 2.70. The first kappa shape index (κ1) is 16.4. The van der Waals surface area contributed by atoms with Crippen molar-refractivity contribution in [2.24, 2.45) is 5.92 Å². The highest BCUT2D eigenvalue weighted by atomic mass is 32.2. The highest BCUT2D eigenvalue weighted by molar-refractivity contribution is 7.92. The molecule has 0 aromatic carbocycles. The predicted molar refractivity (Wildman–Crippen MR) is 74.7 cm³/mol. The van der Waals surface area contributed by atoms with Crippen molar-refractivity contribution in [3.8, 4) is 0 Å². The molecule has 1 aliphatic carbocycles. The van der Waals surface area contributed by atoms with Gasteiger partial charge in [-0.3, -0.25) is 4.79 Å². The largest absolute Gasteiger partial charge is 0.465 e. The molecule has 0 amide bonds. The van der Waals surface area contributed by atoms with E-state index in [4.69, 9.17) is 0 Å². The Kier molecular flexibility index (Phi) is 6.79. The summed E-state index contributed by atoms with van der Waals surface area (Å²) in [6, 6.07) is 0.433. The standard InChI is InChI=1S/C13H25NO4S/c1-3-14-12-7-5-6-11(12)8-9-19(16,17)10-13(15)18-4-2/h11-12,14H,3-10H2,1-2H3. The van der Waals surface area contributed by atoms with Gasteiger partial charge in [-0.2, -0.15) is 0 Å². The summed E-state index contributed by atoms with van der Waals surface area (Å²) in [5.41, 5.74) is 0. The number of carbonyl (C=O) groups is 1. The molecule has 0 aromatic rings. The summed E-state index contributed by atoms with van der Waals surface area (Å²) in [6.45, 7) is 4.87. The minimum atomic E-state index is -3.33. The van der Waals surface area contributed by atoms with E-state index in [1.54, 1.807) is 6.92 Å². The van der Waals surface area contributed by atoms with E-state index in [9.17, 15) is 13.2 Å². The Morgan fingerprint density at radius 2 is 2.05 bits per heavy atom. The molecule has 0 saturated heterocycles. The Morgan fingerprint density at radius 1 is 1.32 bits per heavy atom. The molecule has 0 heterocycles. The predicted octanol–water partition coefficient (Wildman–Crippen LogP) is 1.13. The lowest BCUT2D eigenvalue weighted by molar-refractivity contribution is -0.139. The van der Waals surface area contributed by atoms with Gasteiger partial charge >= 0.3 is 5.97 Å². The van der Waals surface area contributed by atoms with Crippen molar-refractivity contribution in [3.63, 3.8) is 0 Å². The summed E-state index contributed by atoms with van der Waals surface area (Å²) in [5.74, 6) is -0.633. The van der Waals surface area contributed by atoms with Crippen LogP contribution in [-0.2, 0) is 19.4 Å². The number of sulfone groups is 1. The van der Waals surface area contributed by atoms with E-state index >= 15 is 0 Å².